The Labute approximate surface area is 68.2 Å². The third-order valence-corrected chi connectivity index (χ3v) is 1.94. The Balaban J connectivity index is 4.02. The molecule has 0 spiro atoms. The van der Waals surface area contributed by atoms with Gasteiger partial charge in [0.1, 0.15) is 0 Å². The lowest BCUT2D eigenvalue weighted by Gasteiger charge is -2.02. The highest BCUT2D eigenvalue weighted by atomic mass is 32.2. The molecule has 0 aliphatic heterocycles. The van der Waals surface area contributed by atoms with Crippen molar-refractivity contribution in [3.05, 3.63) is 0 Å². The van der Waals surface area contributed by atoms with Crippen LogP contribution in [-0.2, 0) is 10.0 Å². The summed E-state index contributed by atoms with van der Waals surface area (Å²) >= 11 is 0. The van der Waals surface area contributed by atoms with E-state index >= 15 is 0 Å². The lowest BCUT2D eigenvalue weighted by molar-refractivity contribution is 0.569. The number of nitrogens with one attached hydrogen (secondary N) is 1. The number of sulfonamides is 1. The van der Waals surface area contributed by atoms with E-state index < -0.39 is 10.0 Å². The van der Waals surface area contributed by atoms with Gasteiger partial charge in [-0.1, -0.05) is 19.8 Å². The normalized spacial score (nSPS) is 10.9. The van der Waals surface area contributed by atoms with Crippen molar-refractivity contribution in [1.29, 1.82) is 0 Å². The van der Waals surface area contributed by atoms with Crippen LogP contribution in [-0.4, -0.2) is 15.0 Å². The van der Waals surface area contributed by atoms with Gasteiger partial charge in [-0.15, -0.1) is 0 Å². The standard InChI is InChI=1S/C7H13NO2S/c1-4-5-11(9,10)8-6-7(2)3/h7-8H,6H2,1-3H3. The number of hydrogen-bond acceptors (Lipinski definition) is 2. The fourth-order valence-corrected chi connectivity index (χ4v) is 1.34. The molecule has 11 heavy (non-hydrogen) atoms. The molecule has 1 N–H and O–H groups in total. The predicted molar refractivity (Wildman–Crippen MR) is 45.2 cm³/mol. The van der Waals surface area contributed by atoms with Crippen LogP contribution in [0.1, 0.15) is 20.8 Å². The number of hydrogen-bond donors (Lipinski definition) is 1. The smallest absolute Gasteiger partial charge is 0.204 e. The van der Waals surface area contributed by atoms with Crippen LogP contribution < -0.4 is 4.72 Å². The Morgan fingerprint density at radius 1 is 1.45 bits per heavy atom. The van der Waals surface area contributed by atoms with Crippen molar-refractivity contribution in [2.45, 2.75) is 20.8 Å². The molecule has 0 aromatic carbocycles. The van der Waals surface area contributed by atoms with Crippen molar-refractivity contribution in [3.8, 4) is 11.2 Å². The fraction of sp³-hybridized carbons (Fsp3) is 0.714. The minimum Gasteiger partial charge on any atom is -0.204 e. The van der Waals surface area contributed by atoms with Gasteiger partial charge in [0, 0.05) is 11.8 Å². The highest BCUT2D eigenvalue weighted by Gasteiger charge is 2.04. The van der Waals surface area contributed by atoms with E-state index in [0.29, 0.717) is 12.5 Å². The molecule has 3 nitrogen and oxygen atoms in total. The lowest BCUT2D eigenvalue weighted by Crippen LogP contribution is -2.25. The van der Waals surface area contributed by atoms with Crippen LogP contribution in [0.15, 0.2) is 0 Å². The molecular weight excluding hydrogens is 162 g/mol. The molecule has 0 aliphatic carbocycles. The van der Waals surface area contributed by atoms with E-state index in [1.54, 1.807) is 0 Å². The van der Waals surface area contributed by atoms with Gasteiger partial charge < -0.3 is 0 Å². The Morgan fingerprint density at radius 2 is 2.00 bits per heavy atom. The highest BCUT2D eigenvalue weighted by Crippen LogP contribution is 1.89. The summed E-state index contributed by atoms with van der Waals surface area (Å²) in [7, 11) is -3.34. The summed E-state index contributed by atoms with van der Waals surface area (Å²) in [6, 6.07) is 0. The summed E-state index contributed by atoms with van der Waals surface area (Å²) in [6.07, 6.45) is 0. The van der Waals surface area contributed by atoms with Crippen LogP contribution in [0.3, 0.4) is 0 Å². The third kappa shape index (κ3) is 5.89. The second kappa shape index (κ2) is 4.37. The minimum absolute atomic E-state index is 0.309. The number of rotatable bonds is 3. The minimum atomic E-state index is -3.34. The first kappa shape index (κ1) is 10.5. The Hall–Kier alpha value is -0.530. The van der Waals surface area contributed by atoms with Crippen molar-refractivity contribution < 1.29 is 8.42 Å². The molecule has 0 radical (unpaired) electrons. The molecule has 0 aromatic rings. The van der Waals surface area contributed by atoms with E-state index in [1.165, 1.54) is 6.92 Å². The first-order valence-electron chi connectivity index (χ1n) is 3.41. The van der Waals surface area contributed by atoms with E-state index in [0.717, 1.165) is 0 Å². The summed E-state index contributed by atoms with van der Waals surface area (Å²) in [5.41, 5.74) is 0. The summed E-state index contributed by atoms with van der Waals surface area (Å²) in [4.78, 5) is 0. The molecular formula is C7H13NO2S. The Kier molecular flexibility index (Phi) is 4.16. The molecule has 0 saturated heterocycles. The van der Waals surface area contributed by atoms with Gasteiger partial charge in [0.2, 0.25) is 0 Å². The third-order valence-electron chi connectivity index (χ3n) is 0.918. The van der Waals surface area contributed by atoms with Crippen molar-refractivity contribution in [2.24, 2.45) is 5.92 Å². The zero-order chi connectivity index (χ0) is 8.91. The lowest BCUT2D eigenvalue weighted by atomic mass is 10.2. The van der Waals surface area contributed by atoms with Crippen LogP contribution in [0.5, 0.6) is 0 Å². The van der Waals surface area contributed by atoms with Crippen LogP contribution in [0.25, 0.3) is 0 Å². The molecule has 0 bridgehead atoms. The van der Waals surface area contributed by atoms with Crippen LogP contribution in [0, 0.1) is 17.1 Å². The molecule has 0 rings (SSSR count). The second-order valence-corrected chi connectivity index (χ2v) is 4.10. The van der Waals surface area contributed by atoms with Crippen LogP contribution >= 0.6 is 0 Å². The molecule has 0 unspecified atom stereocenters. The molecule has 0 amide bonds. The first-order valence-corrected chi connectivity index (χ1v) is 4.89. The molecule has 0 aromatic heterocycles. The summed E-state index contributed by atoms with van der Waals surface area (Å²) in [5.74, 6) is 2.64. The predicted octanol–water partition coefficient (Wildman–Crippen LogP) is 0.543. The van der Waals surface area contributed by atoms with Crippen LogP contribution in [0.2, 0.25) is 0 Å². The van der Waals surface area contributed by atoms with Gasteiger partial charge >= 0.3 is 0 Å². The SMILES string of the molecule is CC#CS(=O)(=O)NCC(C)C. The maximum Gasteiger partial charge on any atom is 0.280 e. The zero-order valence-corrected chi connectivity index (χ0v) is 7.83. The Bertz CT molecular complexity index is 256. The summed E-state index contributed by atoms with van der Waals surface area (Å²) in [5, 5.41) is 2.09. The molecule has 0 saturated carbocycles. The zero-order valence-electron chi connectivity index (χ0n) is 7.01. The van der Waals surface area contributed by atoms with E-state index in [2.05, 4.69) is 15.9 Å². The van der Waals surface area contributed by atoms with Crippen LogP contribution in [0.4, 0.5) is 0 Å². The first-order chi connectivity index (χ1) is 4.98. The van der Waals surface area contributed by atoms with Gasteiger partial charge in [-0.05, 0) is 12.8 Å². The molecule has 4 heteroatoms. The topological polar surface area (TPSA) is 46.2 Å². The van der Waals surface area contributed by atoms with Crippen molar-refractivity contribution in [3.63, 3.8) is 0 Å². The average Bonchev–Trinajstić information content (AvgIpc) is 1.84. The maximum atomic E-state index is 10.9. The van der Waals surface area contributed by atoms with Crippen molar-refractivity contribution in [2.75, 3.05) is 6.54 Å². The molecule has 0 heterocycles. The van der Waals surface area contributed by atoms with Gasteiger partial charge in [0.15, 0.2) is 0 Å². The van der Waals surface area contributed by atoms with Crippen molar-refractivity contribution >= 4 is 10.0 Å². The monoisotopic (exact) mass is 175 g/mol. The maximum absolute atomic E-state index is 10.9. The highest BCUT2D eigenvalue weighted by molar-refractivity contribution is 7.94. The van der Waals surface area contributed by atoms with Gasteiger partial charge in [0.25, 0.3) is 10.0 Å². The average molecular weight is 175 g/mol. The fourth-order valence-electron chi connectivity index (χ4n) is 0.447. The molecule has 0 fully saturated rings. The van der Waals surface area contributed by atoms with Crippen molar-refractivity contribution in [1.82, 2.24) is 4.72 Å². The van der Waals surface area contributed by atoms with Gasteiger partial charge in [-0.2, -0.15) is 8.42 Å². The molecule has 0 aliphatic rings. The summed E-state index contributed by atoms with van der Waals surface area (Å²) < 4.78 is 24.1. The quantitative estimate of drug-likeness (QED) is 0.636. The molecule has 0 atom stereocenters. The van der Waals surface area contributed by atoms with E-state index in [1.807, 2.05) is 13.8 Å². The second-order valence-electron chi connectivity index (χ2n) is 2.60. The van der Waals surface area contributed by atoms with E-state index in [-0.39, 0.29) is 0 Å². The van der Waals surface area contributed by atoms with Gasteiger partial charge in [0.05, 0.1) is 0 Å². The van der Waals surface area contributed by atoms with Gasteiger partial charge in [-0.3, -0.25) is 0 Å². The largest absolute Gasteiger partial charge is 0.280 e. The molecule has 64 valence electrons. The van der Waals surface area contributed by atoms with Gasteiger partial charge in [-0.25, -0.2) is 4.72 Å². The summed E-state index contributed by atoms with van der Waals surface area (Å²) in [6.45, 7) is 5.80. The Morgan fingerprint density at radius 3 is 2.36 bits per heavy atom. The van der Waals surface area contributed by atoms with E-state index in [4.69, 9.17) is 0 Å². The van der Waals surface area contributed by atoms with E-state index in [9.17, 15) is 8.42 Å².